The summed E-state index contributed by atoms with van der Waals surface area (Å²) in [5.74, 6) is 0.0927. The fourth-order valence-electron chi connectivity index (χ4n) is 4.18. The molecule has 0 unspecified atom stereocenters. The lowest BCUT2D eigenvalue weighted by Gasteiger charge is -2.21. The van der Waals surface area contributed by atoms with E-state index in [1.165, 1.54) is 27.0 Å². The standard InChI is InChI=1S/C32H26NP/c1-5-15-26(16-6-1)30(27-17-7-2-8-18-27)25-33-31-23-13-14-24-32(31)34(28-19-9-3-10-20-28)29-21-11-4-12-22-29/h1-25,30H. The maximum Gasteiger partial charge on any atom is 0.0709 e. The van der Waals surface area contributed by atoms with Gasteiger partial charge >= 0.3 is 0 Å². The Bertz CT molecular complexity index is 1250. The van der Waals surface area contributed by atoms with Gasteiger partial charge in [0.1, 0.15) is 0 Å². The Balaban J connectivity index is 1.59. The Labute approximate surface area is 203 Å². The van der Waals surface area contributed by atoms with E-state index in [1.807, 2.05) is 0 Å². The number of nitrogens with zero attached hydrogens (tertiary/aromatic N) is 1. The average molecular weight is 456 g/mol. The zero-order valence-electron chi connectivity index (χ0n) is 18.9. The lowest BCUT2D eigenvalue weighted by atomic mass is 9.92. The monoisotopic (exact) mass is 455 g/mol. The first kappa shape index (κ1) is 22.0. The first-order valence-electron chi connectivity index (χ1n) is 11.5. The number of hydrogen-bond donors (Lipinski definition) is 0. The Morgan fingerprint density at radius 2 is 0.882 bits per heavy atom. The molecule has 0 radical (unpaired) electrons. The molecule has 0 aliphatic heterocycles. The highest BCUT2D eigenvalue weighted by atomic mass is 31.1. The van der Waals surface area contributed by atoms with Crippen LogP contribution in [0.3, 0.4) is 0 Å². The highest BCUT2D eigenvalue weighted by Gasteiger charge is 2.19. The third-order valence-electron chi connectivity index (χ3n) is 5.83. The Kier molecular flexibility index (Phi) is 7.04. The predicted octanol–water partition coefficient (Wildman–Crippen LogP) is 6.98. The third kappa shape index (κ3) is 5.06. The van der Waals surface area contributed by atoms with Gasteiger partial charge in [-0.2, -0.15) is 0 Å². The minimum atomic E-state index is -0.720. The lowest BCUT2D eigenvalue weighted by molar-refractivity contribution is 1.10. The molecule has 0 N–H and O–H groups in total. The van der Waals surface area contributed by atoms with Crippen LogP contribution in [-0.4, -0.2) is 6.21 Å². The van der Waals surface area contributed by atoms with Crippen LogP contribution in [0.5, 0.6) is 0 Å². The van der Waals surface area contributed by atoms with Crippen molar-refractivity contribution in [3.05, 3.63) is 157 Å². The topological polar surface area (TPSA) is 12.4 Å². The maximum atomic E-state index is 5.12. The summed E-state index contributed by atoms with van der Waals surface area (Å²) >= 11 is 0. The first-order valence-corrected chi connectivity index (χ1v) is 12.9. The summed E-state index contributed by atoms with van der Waals surface area (Å²) in [6, 6.07) is 51.4. The summed E-state index contributed by atoms with van der Waals surface area (Å²) < 4.78 is 0. The molecule has 5 aromatic rings. The van der Waals surface area contributed by atoms with Crippen molar-refractivity contribution in [2.24, 2.45) is 4.99 Å². The van der Waals surface area contributed by atoms with E-state index in [1.54, 1.807) is 0 Å². The quantitative estimate of drug-likeness (QED) is 0.185. The smallest absolute Gasteiger partial charge is 0.0709 e. The van der Waals surface area contributed by atoms with Crippen LogP contribution in [0.4, 0.5) is 5.69 Å². The molecule has 164 valence electrons. The van der Waals surface area contributed by atoms with Crippen molar-refractivity contribution in [2.45, 2.75) is 5.92 Å². The Hall–Kier alpha value is -3.80. The van der Waals surface area contributed by atoms with E-state index >= 15 is 0 Å². The maximum absolute atomic E-state index is 5.12. The van der Waals surface area contributed by atoms with Gasteiger partial charge in [-0.05, 0) is 35.7 Å². The molecule has 0 heterocycles. The van der Waals surface area contributed by atoms with Crippen molar-refractivity contribution >= 4 is 35.7 Å². The van der Waals surface area contributed by atoms with E-state index in [2.05, 4.69) is 152 Å². The predicted molar refractivity (Wildman–Crippen MR) is 148 cm³/mol. The molecule has 1 nitrogen and oxygen atoms in total. The van der Waals surface area contributed by atoms with Gasteiger partial charge in [0, 0.05) is 17.4 Å². The van der Waals surface area contributed by atoms with Crippen molar-refractivity contribution < 1.29 is 0 Å². The minimum Gasteiger partial charge on any atom is -0.260 e. The van der Waals surface area contributed by atoms with Crippen molar-refractivity contribution in [1.82, 2.24) is 0 Å². The van der Waals surface area contributed by atoms with Gasteiger partial charge in [0.25, 0.3) is 0 Å². The van der Waals surface area contributed by atoms with E-state index in [0.717, 1.165) is 5.69 Å². The molecule has 0 aliphatic carbocycles. The number of rotatable bonds is 7. The SMILES string of the molecule is C(=Nc1ccccc1P(c1ccccc1)c1ccccc1)C(c1ccccc1)c1ccccc1. The van der Waals surface area contributed by atoms with Gasteiger partial charge in [-0.15, -0.1) is 0 Å². The zero-order valence-corrected chi connectivity index (χ0v) is 19.8. The molecule has 5 aromatic carbocycles. The Morgan fingerprint density at radius 1 is 0.471 bits per heavy atom. The van der Waals surface area contributed by atoms with E-state index in [-0.39, 0.29) is 5.92 Å². The van der Waals surface area contributed by atoms with E-state index in [9.17, 15) is 0 Å². The minimum absolute atomic E-state index is 0.0927. The number of hydrogen-bond acceptors (Lipinski definition) is 1. The second kappa shape index (κ2) is 10.9. The molecule has 5 rings (SSSR count). The molecule has 0 fully saturated rings. The molecule has 2 heteroatoms. The van der Waals surface area contributed by atoms with Gasteiger partial charge < -0.3 is 0 Å². The highest BCUT2D eigenvalue weighted by Crippen LogP contribution is 2.36. The van der Waals surface area contributed by atoms with Crippen LogP contribution in [0.15, 0.2) is 151 Å². The number of para-hydroxylation sites is 1. The van der Waals surface area contributed by atoms with Crippen molar-refractivity contribution in [3.8, 4) is 0 Å². The summed E-state index contributed by atoms with van der Waals surface area (Å²) in [6.07, 6.45) is 2.10. The van der Waals surface area contributed by atoms with E-state index in [0.29, 0.717) is 0 Å². The fraction of sp³-hybridized carbons (Fsp3) is 0.0312. The molecule has 0 aromatic heterocycles. The van der Waals surface area contributed by atoms with Crippen LogP contribution in [0.25, 0.3) is 0 Å². The molecule has 0 spiro atoms. The normalized spacial score (nSPS) is 11.4. The van der Waals surface area contributed by atoms with Gasteiger partial charge in [0.15, 0.2) is 0 Å². The molecular formula is C32H26NP. The van der Waals surface area contributed by atoms with Gasteiger partial charge in [-0.1, -0.05) is 140 Å². The largest absolute Gasteiger partial charge is 0.260 e. The fourth-order valence-corrected chi connectivity index (χ4v) is 6.58. The molecule has 0 saturated carbocycles. The summed E-state index contributed by atoms with van der Waals surface area (Å²) in [5.41, 5.74) is 3.50. The second-order valence-electron chi connectivity index (χ2n) is 8.07. The molecule has 0 atom stereocenters. The van der Waals surface area contributed by atoms with E-state index < -0.39 is 7.92 Å². The molecule has 0 amide bonds. The van der Waals surface area contributed by atoms with Gasteiger partial charge in [0.2, 0.25) is 0 Å². The summed E-state index contributed by atoms with van der Waals surface area (Å²) in [4.78, 5) is 5.12. The molecule has 34 heavy (non-hydrogen) atoms. The highest BCUT2D eigenvalue weighted by molar-refractivity contribution is 7.80. The number of benzene rings is 5. The number of aliphatic imine (C=N–C) groups is 1. The molecule has 0 bridgehead atoms. The summed E-state index contributed by atoms with van der Waals surface area (Å²) in [5, 5.41) is 3.93. The van der Waals surface area contributed by atoms with Crippen LogP contribution in [0.2, 0.25) is 0 Å². The Morgan fingerprint density at radius 3 is 1.38 bits per heavy atom. The van der Waals surface area contributed by atoms with Gasteiger partial charge in [-0.3, -0.25) is 4.99 Å². The van der Waals surface area contributed by atoms with Crippen molar-refractivity contribution in [3.63, 3.8) is 0 Å². The van der Waals surface area contributed by atoms with Crippen LogP contribution < -0.4 is 15.9 Å². The van der Waals surface area contributed by atoms with E-state index in [4.69, 9.17) is 4.99 Å². The zero-order chi connectivity index (χ0) is 23.0. The lowest BCUT2D eigenvalue weighted by Crippen LogP contribution is -2.20. The van der Waals surface area contributed by atoms with Crippen LogP contribution in [0.1, 0.15) is 17.0 Å². The van der Waals surface area contributed by atoms with Crippen molar-refractivity contribution in [1.29, 1.82) is 0 Å². The molecule has 0 saturated heterocycles. The third-order valence-corrected chi connectivity index (χ3v) is 8.32. The van der Waals surface area contributed by atoms with Gasteiger partial charge in [0.05, 0.1) is 5.69 Å². The second-order valence-corrected chi connectivity index (χ2v) is 10.3. The first-order chi connectivity index (χ1) is 16.9. The van der Waals surface area contributed by atoms with Crippen LogP contribution >= 0.6 is 7.92 Å². The summed E-state index contributed by atoms with van der Waals surface area (Å²) in [7, 11) is -0.720. The van der Waals surface area contributed by atoms with Crippen LogP contribution in [0, 0.1) is 0 Å². The van der Waals surface area contributed by atoms with Crippen molar-refractivity contribution in [2.75, 3.05) is 0 Å². The molecule has 0 aliphatic rings. The summed E-state index contributed by atoms with van der Waals surface area (Å²) in [6.45, 7) is 0. The van der Waals surface area contributed by atoms with Gasteiger partial charge in [-0.25, -0.2) is 0 Å². The average Bonchev–Trinajstić information content (AvgIpc) is 2.92. The molecular weight excluding hydrogens is 429 g/mol. The van der Waals surface area contributed by atoms with Crippen LogP contribution in [-0.2, 0) is 0 Å².